The fourth-order valence-electron chi connectivity index (χ4n) is 0.127. The molecule has 0 rings (SSSR count). The predicted octanol–water partition coefficient (Wildman–Crippen LogP) is 2.78. The van der Waals surface area contributed by atoms with Gasteiger partial charge in [-0.15, -0.1) is 0 Å². The van der Waals surface area contributed by atoms with E-state index in [1.165, 1.54) is 6.20 Å². The number of nitrogens with one attached hydrogen (secondary N) is 1. The van der Waals surface area contributed by atoms with Gasteiger partial charge in [0.15, 0.2) is 0 Å². The van der Waals surface area contributed by atoms with Gasteiger partial charge in [-0.05, 0) is 6.92 Å². The normalized spacial score (nSPS) is 6.50. The molecule has 0 aromatic rings. The molecule has 0 unspecified atom stereocenters. The lowest BCUT2D eigenvalue weighted by Gasteiger charge is -1.79. The third-order valence-corrected chi connectivity index (χ3v) is 0.295. The van der Waals surface area contributed by atoms with Gasteiger partial charge >= 0.3 is 0 Å². The summed E-state index contributed by atoms with van der Waals surface area (Å²) in [4.78, 5) is 0. The fraction of sp³-hybridized carbons (Fsp3) is 0.625. The molecule has 2 nitrogen and oxygen atoms in total. The highest BCUT2D eigenvalue weighted by Gasteiger charge is 1.50. The summed E-state index contributed by atoms with van der Waals surface area (Å²) in [7, 11) is 0. The number of hydrogen-bond acceptors (Lipinski definition) is 2. The molecule has 10 heavy (non-hydrogen) atoms. The van der Waals surface area contributed by atoms with Gasteiger partial charge in [0.2, 0.25) is 0 Å². The summed E-state index contributed by atoms with van der Waals surface area (Å²) in [6.45, 7) is 13.2. The second-order valence-corrected chi connectivity index (χ2v) is 0.721. The third-order valence-electron chi connectivity index (χ3n) is 0.295. The van der Waals surface area contributed by atoms with Gasteiger partial charge < -0.3 is 0 Å². The first kappa shape index (κ1) is 16.1. The molecule has 0 aromatic carbocycles. The van der Waals surface area contributed by atoms with Gasteiger partial charge in [0, 0.05) is 12.4 Å². The molecule has 0 aromatic heterocycles. The molecule has 0 aliphatic heterocycles. The van der Waals surface area contributed by atoms with E-state index in [1.54, 1.807) is 6.21 Å². The molecule has 0 aliphatic carbocycles. The van der Waals surface area contributed by atoms with Crippen LogP contribution in [0.2, 0.25) is 0 Å². The molecular weight excluding hydrogens is 124 g/mol. The van der Waals surface area contributed by atoms with Crippen LogP contribution in [-0.2, 0) is 0 Å². The van der Waals surface area contributed by atoms with Gasteiger partial charge in [-0.2, -0.15) is 5.10 Å². The lowest BCUT2D eigenvalue weighted by atomic mass is 10.9. The molecule has 62 valence electrons. The minimum Gasteiger partial charge on any atom is -0.287 e. The Morgan fingerprint density at radius 2 is 1.60 bits per heavy atom. The van der Waals surface area contributed by atoms with E-state index in [-0.39, 0.29) is 0 Å². The van der Waals surface area contributed by atoms with Gasteiger partial charge in [0.1, 0.15) is 0 Å². The van der Waals surface area contributed by atoms with Crippen molar-refractivity contribution in [2.45, 2.75) is 34.6 Å². The molecule has 0 fully saturated rings. The molecule has 0 radical (unpaired) electrons. The average Bonchev–Trinajstić information content (AvgIpc) is 2.08. The highest BCUT2D eigenvalue weighted by Crippen LogP contribution is 1.51. The van der Waals surface area contributed by atoms with Crippen molar-refractivity contribution in [2.24, 2.45) is 5.10 Å². The maximum Gasteiger partial charge on any atom is 0.0215 e. The third kappa shape index (κ3) is 56.9. The van der Waals surface area contributed by atoms with Crippen LogP contribution in [0.3, 0.4) is 0 Å². The zero-order chi connectivity index (χ0) is 8.83. The average molecular weight is 144 g/mol. The standard InChI is InChI=1S/C4H8N2.2C2H6/c1-3-5-6-4-2;2*1-2/h3-5H,1H2,2H3;2*1-2H3/b6-4-;;. The summed E-state index contributed by atoms with van der Waals surface area (Å²) in [5.74, 6) is 0. The van der Waals surface area contributed by atoms with Crippen molar-refractivity contribution in [3.8, 4) is 0 Å². The Bertz CT molecular complexity index is 58.3. The van der Waals surface area contributed by atoms with Crippen molar-refractivity contribution in [3.63, 3.8) is 0 Å². The number of hydrogen-bond donors (Lipinski definition) is 1. The summed E-state index contributed by atoms with van der Waals surface area (Å²) in [5, 5.41) is 3.60. The molecule has 1 N–H and O–H groups in total. The Labute approximate surface area is 65.0 Å². The van der Waals surface area contributed by atoms with Crippen molar-refractivity contribution in [3.05, 3.63) is 12.8 Å². The summed E-state index contributed by atoms with van der Waals surface area (Å²) in [6, 6.07) is 0. The van der Waals surface area contributed by atoms with Gasteiger partial charge in [-0.25, -0.2) is 0 Å². The summed E-state index contributed by atoms with van der Waals surface area (Å²) < 4.78 is 0. The molecule has 0 saturated carbocycles. The summed E-state index contributed by atoms with van der Waals surface area (Å²) >= 11 is 0. The molecule has 0 amide bonds. The monoisotopic (exact) mass is 144 g/mol. The molecule has 0 spiro atoms. The van der Waals surface area contributed by atoms with Crippen LogP contribution in [0.5, 0.6) is 0 Å². The van der Waals surface area contributed by atoms with Crippen molar-refractivity contribution in [1.29, 1.82) is 0 Å². The molecular formula is C8H20N2. The molecule has 0 heterocycles. The van der Waals surface area contributed by atoms with E-state index in [0.29, 0.717) is 0 Å². The van der Waals surface area contributed by atoms with Crippen LogP contribution in [0.1, 0.15) is 34.6 Å². The summed E-state index contributed by atoms with van der Waals surface area (Å²) in [6.07, 6.45) is 3.17. The largest absolute Gasteiger partial charge is 0.287 e. The highest BCUT2D eigenvalue weighted by atomic mass is 15.3. The second-order valence-electron chi connectivity index (χ2n) is 0.721. The fourth-order valence-corrected chi connectivity index (χ4v) is 0.127. The first-order chi connectivity index (χ1) is 4.91. The predicted molar refractivity (Wildman–Crippen MR) is 50.2 cm³/mol. The van der Waals surface area contributed by atoms with E-state index in [4.69, 9.17) is 0 Å². The van der Waals surface area contributed by atoms with Gasteiger partial charge in [-0.1, -0.05) is 34.3 Å². The maximum absolute atomic E-state index is 3.60. The van der Waals surface area contributed by atoms with Crippen molar-refractivity contribution in [1.82, 2.24) is 5.43 Å². The maximum atomic E-state index is 3.60. The van der Waals surface area contributed by atoms with E-state index in [0.717, 1.165) is 0 Å². The number of rotatable bonds is 2. The van der Waals surface area contributed by atoms with Gasteiger partial charge in [0.05, 0.1) is 0 Å². The zero-order valence-electron chi connectivity index (χ0n) is 7.81. The van der Waals surface area contributed by atoms with Gasteiger partial charge in [0.25, 0.3) is 0 Å². The molecule has 0 bridgehead atoms. The lowest BCUT2D eigenvalue weighted by Crippen LogP contribution is -1.88. The Kier molecular flexibility index (Phi) is 66.7. The van der Waals surface area contributed by atoms with Crippen LogP contribution in [0.4, 0.5) is 0 Å². The van der Waals surface area contributed by atoms with Crippen molar-refractivity contribution in [2.75, 3.05) is 0 Å². The lowest BCUT2D eigenvalue weighted by molar-refractivity contribution is 0.978. The minimum absolute atomic E-state index is 1.51. The van der Waals surface area contributed by atoms with E-state index >= 15 is 0 Å². The number of hydrazone groups is 1. The molecule has 0 aliphatic rings. The molecule has 0 saturated heterocycles. The number of nitrogens with zero attached hydrogens (tertiary/aromatic N) is 1. The second kappa shape index (κ2) is 41.4. The van der Waals surface area contributed by atoms with Crippen LogP contribution in [-0.4, -0.2) is 6.21 Å². The first-order valence-corrected chi connectivity index (χ1v) is 3.76. The van der Waals surface area contributed by atoms with E-state index in [9.17, 15) is 0 Å². The Morgan fingerprint density at radius 3 is 1.70 bits per heavy atom. The van der Waals surface area contributed by atoms with Crippen LogP contribution < -0.4 is 5.43 Å². The smallest absolute Gasteiger partial charge is 0.0215 e. The van der Waals surface area contributed by atoms with Crippen LogP contribution in [0.25, 0.3) is 0 Å². The summed E-state index contributed by atoms with van der Waals surface area (Å²) in [5.41, 5.74) is 2.53. The molecule has 2 heteroatoms. The van der Waals surface area contributed by atoms with Crippen LogP contribution in [0, 0.1) is 0 Å². The Morgan fingerprint density at radius 1 is 1.20 bits per heavy atom. The first-order valence-electron chi connectivity index (χ1n) is 3.76. The topological polar surface area (TPSA) is 24.4 Å². The van der Waals surface area contributed by atoms with Crippen molar-refractivity contribution < 1.29 is 0 Å². The van der Waals surface area contributed by atoms with E-state index in [2.05, 4.69) is 17.1 Å². The SMILES string of the molecule is C=CN/N=C\C.CC.CC. The van der Waals surface area contributed by atoms with Crippen LogP contribution in [0.15, 0.2) is 17.9 Å². The van der Waals surface area contributed by atoms with Crippen molar-refractivity contribution >= 4 is 6.21 Å². The van der Waals surface area contributed by atoms with Gasteiger partial charge in [-0.3, -0.25) is 5.43 Å². The zero-order valence-corrected chi connectivity index (χ0v) is 7.81. The minimum atomic E-state index is 1.51. The quantitative estimate of drug-likeness (QED) is 0.467. The van der Waals surface area contributed by atoms with E-state index in [1.807, 2.05) is 34.6 Å². The highest BCUT2D eigenvalue weighted by molar-refractivity contribution is 5.52. The molecule has 0 atom stereocenters. The Balaban J connectivity index is -0.000000105. The van der Waals surface area contributed by atoms with E-state index < -0.39 is 0 Å². The Hall–Kier alpha value is -0.790. The van der Waals surface area contributed by atoms with Crippen LogP contribution >= 0.6 is 0 Å².